The van der Waals surface area contributed by atoms with Gasteiger partial charge in [-0.25, -0.2) is 8.42 Å². The molecule has 0 radical (unpaired) electrons. The zero-order chi connectivity index (χ0) is 19.4. The highest BCUT2D eigenvalue weighted by Gasteiger charge is 2.27. The summed E-state index contributed by atoms with van der Waals surface area (Å²) in [6, 6.07) is 14.6. The minimum absolute atomic E-state index is 0.00661. The van der Waals surface area contributed by atoms with Gasteiger partial charge in [0.25, 0.3) is 5.91 Å². The smallest absolute Gasteiger partial charge is 0.273 e. The molecule has 2 N–H and O–H groups in total. The summed E-state index contributed by atoms with van der Waals surface area (Å²) in [7, 11) is -3.35. The number of oxime groups is 1. The van der Waals surface area contributed by atoms with Crippen LogP contribution >= 0.6 is 0 Å². The fourth-order valence-corrected chi connectivity index (χ4v) is 3.37. The number of carbonyl (C=O) groups is 1. The van der Waals surface area contributed by atoms with Crippen LogP contribution in [0.25, 0.3) is 0 Å². The van der Waals surface area contributed by atoms with Gasteiger partial charge in [0.1, 0.15) is 5.71 Å². The van der Waals surface area contributed by atoms with Crippen LogP contribution in [0.4, 0.5) is 11.4 Å². The molecule has 1 unspecified atom stereocenters. The normalized spacial score (nSPS) is 16.4. The number of nitrogens with one attached hydrogen (secondary N) is 2. The summed E-state index contributed by atoms with van der Waals surface area (Å²) in [6.07, 6.45) is 0.128. The molecule has 7 nitrogen and oxygen atoms in total. The molecule has 8 heteroatoms. The Morgan fingerprint density at radius 1 is 1.22 bits per heavy atom. The Bertz CT molecular complexity index is 972. The summed E-state index contributed by atoms with van der Waals surface area (Å²) in [5.74, 6) is -0.345. The highest BCUT2D eigenvalue weighted by molar-refractivity contribution is 7.92. The zero-order valence-electron chi connectivity index (χ0n) is 15.1. The highest BCUT2D eigenvalue weighted by atomic mass is 32.2. The molecule has 1 heterocycles. The highest BCUT2D eigenvalue weighted by Crippen LogP contribution is 2.27. The monoisotopic (exact) mass is 387 g/mol. The van der Waals surface area contributed by atoms with Crippen LogP contribution in [-0.4, -0.2) is 25.8 Å². The van der Waals surface area contributed by atoms with Crippen LogP contribution in [0.15, 0.2) is 53.7 Å². The van der Waals surface area contributed by atoms with Crippen LogP contribution < -0.4 is 10.0 Å². The molecule has 0 bridgehead atoms. The Hall–Kier alpha value is -2.87. The maximum atomic E-state index is 12.4. The lowest BCUT2D eigenvalue weighted by molar-refractivity contribution is -0.110. The van der Waals surface area contributed by atoms with Crippen LogP contribution in [-0.2, 0) is 19.7 Å². The van der Waals surface area contributed by atoms with Crippen molar-refractivity contribution in [2.45, 2.75) is 26.4 Å². The molecule has 0 fully saturated rings. The van der Waals surface area contributed by atoms with Crippen molar-refractivity contribution in [1.29, 1.82) is 0 Å². The van der Waals surface area contributed by atoms with Gasteiger partial charge in [-0.2, -0.15) is 0 Å². The lowest BCUT2D eigenvalue weighted by Gasteiger charge is -2.11. The van der Waals surface area contributed by atoms with E-state index in [0.717, 1.165) is 5.56 Å². The molecule has 1 atom stereocenters. The first-order valence-corrected chi connectivity index (χ1v) is 10.2. The number of anilines is 2. The van der Waals surface area contributed by atoms with Gasteiger partial charge in [0, 0.05) is 12.1 Å². The standard InChI is InChI=1S/C19H21N3O4S/c1-3-27(24,25)22-16-10-9-15(11-13(16)2)20-19(23)17-12-18(26-21-17)14-7-5-4-6-8-14/h4-11,18,22H,3,12H2,1-2H3,(H,20,23). The first kappa shape index (κ1) is 18.9. The number of hydrogen-bond donors (Lipinski definition) is 2. The van der Waals surface area contributed by atoms with E-state index in [1.165, 1.54) is 0 Å². The van der Waals surface area contributed by atoms with Crippen LogP contribution in [0.3, 0.4) is 0 Å². The molecule has 1 amide bonds. The Morgan fingerprint density at radius 3 is 2.63 bits per heavy atom. The second-order valence-electron chi connectivity index (χ2n) is 6.24. The molecule has 0 saturated heterocycles. The van der Waals surface area contributed by atoms with Gasteiger partial charge in [0.2, 0.25) is 10.0 Å². The summed E-state index contributed by atoms with van der Waals surface area (Å²) in [4.78, 5) is 17.8. The van der Waals surface area contributed by atoms with Crippen molar-refractivity contribution in [2.75, 3.05) is 15.8 Å². The number of aryl methyl sites for hydroxylation is 1. The summed E-state index contributed by atoms with van der Waals surface area (Å²) in [5.41, 5.74) is 3.03. The quantitative estimate of drug-likeness (QED) is 0.795. The minimum atomic E-state index is -3.35. The third-order valence-electron chi connectivity index (χ3n) is 4.23. The molecular formula is C19H21N3O4S. The number of sulfonamides is 1. The van der Waals surface area contributed by atoms with E-state index in [1.54, 1.807) is 32.0 Å². The van der Waals surface area contributed by atoms with Crippen molar-refractivity contribution in [2.24, 2.45) is 5.16 Å². The fraction of sp³-hybridized carbons (Fsp3) is 0.263. The molecule has 0 aliphatic carbocycles. The van der Waals surface area contributed by atoms with E-state index in [1.807, 2.05) is 30.3 Å². The van der Waals surface area contributed by atoms with Gasteiger partial charge in [-0.3, -0.25) is 9.52 Å². The third kappa shape index (κ3) is 4.65. The Kier molecular flexibility index (Phi) is 5.46. The van der Waals surface area contributed by atoms with Crippen molar-refractivity contribution in [3.63, 3.8) is 0 Å². The molecule has 27 heavy (non-hydrogen) atoms. The molecule has 3 rings (SSSR count). The Balaban J connectivity index is 1.64. The Labute approximate surface area is 158 Å². The molecule has 0 saturated carbocycles. The first-order chi connectivity index (χ1) is 12.9. The Morgan fingerprint density at radius 2 is 1.96 bits per heavy atom. The lowest BCUT2D eigenvalue weighted by Crippen LogP contribution is -2.22. The summed E-state index contributed by atoms with van der Waals surface area (Å²) in [6.45, 7) is 3.34. The summed E-state index contributed by atoms with van der Waals surface area (Å²) >= 11 is 0. The van der Waals surface area contributed by atoms with Gasteiger partial charge in [-0.15, -0.1) is 0 Å². The van der Waals surface area contributed by atoms with E-state index in [9.17, 15) is 13.2 Å². The van der Waals surface area contributed by atoms with Gasteiger partial charge in [-0.1, -0.05) is 35.5 Å². The maximum Gasteiger partial charge on any atom is 0.273 e. The topological polar surface area (TPSA) is 96.9 Å². The molecule has 0 aromatic heterocycles. The van der Waals surface area contributed by atoms with E-state index in [4.69, 9.17) is 4.84 Å². The van der Waals surface area contributed by atoms with Crippen LogP contribution in [0.5, 0.6) is 0 Å². The maximum absolute atomic E-state index is 12.4. The number of rotatable bonds is 6. The average molecular weight is 387 g/mol. The lowest BCUT2D eigenvalue weighted by atomic mass is 10.0. The number of benzene rings is 2. The SMILES string of the molecule is CCS(=O)(=O)Nc1ccc(NC(=O)C2=NOC(c3ccccc3)C2)cc1C. The molecule has 142 valence electrons. The predicted molar refractivity (Wildman–Crippen MR) is 105 cm³/mol. The van der Waals surface area contributed by atoms with E-state index in [2.05, 4.69) is 15.2 Å². The second kappa shape index (κ2) is 7.79. The van der Waals surface area contributed by atoms with Gasteiger partial charge < -0.3 is 10.2 Å². The van der Waals surface area contributed by atoms with Crippen LogP contribution in [0, 0.1) is 6.92 Å². The third-order valence-corrected chi connectivity index (χ3v) is 5.52. The molecule has 2 aromatic carbocycles. The number of hydrogen-bond acceptors (Lipinski definition) is 5. The van der Waals surface area contributed by atoms with Gasteiger partial charge in [-0.05, 0) is 43.2 Å². The largest absolute Gasteiger partial charge is 0.387 e. The van der Waals surface area contributed by atoms with Crippen molar-refractivity contribution < 1.29 is 18.0 Å². The number of nitrogens with zero attached hydrogens (tertiary/aromatic N) is 1. The van der Waals surface area contributed by atoms with Crippen molar-refractivity contribution >= 4 is 33.0 Å². The van der Waals surface area contributed by atoms with Gasteiger partial charge in [0.05, 0.1) is 11.4 Å². The van der Waals surface area contributed by atoms with E-state index in [0.29, 0.717) is 29.1 Å². The number of carbonyl (C=O) groups excluding carboxylic acids is 1. The first-order valence-electron chi connectivity index (χ1n) is 8.58. The fourth-order valence-electron chi connectivity index (χ4n) is 2.66. The van der Waals surface area contributed by atoms with E-state index in [-0.39, 0.29) is 17.8 Å². The summed E-state index contributed by atoms with van der Waals surface area (Å²) in [5, 5.41) is 6.68. The van der Waals surface area contributed by atoms with Crippen molar-refractivity contribution in [1.82, 2.24) is 0 Å². The van der Waals surface area contributed by atoms with Crippen LogP contribution in [0.1, 0.15) is 30.6 Å². The van der Waals surface area contributed by atoms with Gasteiger partial charge in [0.15, 0.2) is 6.10 Å². The van der Waals surface area contributed by atoms with Crippen molar-refractivity contribution in [3.8, 4) is 0 Å². The van der Waals surface area contributed by atoms with E-state index >= 15 is 0 Å². The van der Waals surface area contributed by atoms with Crippen LogP contribution in [0.2, 0.25) is 0 Å². The minimum Gasteiger partial charge on any atom is -0.387 e. The molecular weight excluding hydrogens is 366 g/mol. The molecule has 1 aliphatic rings. The predicted octanol–water partition coefficient (Wildman–Crippen LogP) is 3.21. The summed E-state index contributed by atoms with van der Waals surface area (Å²) < 4.78 is 25.9. The second-order valence-corrected chi connectivity index (χ2v) is 8.25. The van der Waals surface area contributed by atoms with E-state index < -0.39 is 10.0 Å². The molecule has 2 aromatic rings. The average Bonchev–Trinajstić information content (AvgIpc) is 3.15. The zero-order valence-corrected chi connectivity index (χ0v) is 15.9. The van der Waals surface area contributed by atoms with Gasteiger partial charge >= 0.3 is 0 Å². The number of amides is 1. The molecule has 0 spiro atoms. The molecule has 1 aliphatic heterocycles. The van der Waals surface area contributed by atoms with Crippen molar-refractivity contribution in [3.05, 3.63) is 59.7 Å².